The normalized spacial score (nSPS) is 11.6. The third-order valence-electron chi connectivity index (χ3n) is 5.14. The van der Waals surface area contributed by atoms with Crippen LogP contribution in [0.1, 0.15) is 42.0 Å². The summed E-state index contributed by atoms with van der Waals surface area (Å²) in [6.45, 7) is 8.37. The Morgan fingerprint density at radius 3 is 2.28 bits per heavy atom. The summed E-state index contributed by atoms with van der Waals surface area (Å²) in [6.07, 6.45) is 1.15. The fourth-order valence-corrected chi connectivity index (χ4v) is 4.37. The standard InChI is InChI=1S/C25H34N2O4S/c1-16-12-17(2)24(18(3)13-16)27-23(28)8-7-11-32-19(4)25(29)26-15-20-9-10-21(30-5)22(14-20)31-6/h9-10,12-14,19H,7-8,11,15H2,1-6H3,(H,26,29)(H,27,28). The number of nitrogens with one attached hydrogen (secondary N) is 2. The van der Waals surface area contributed by atoms with Crippen molar-refractivity contribution >= 4 is 29.3 Å². The fourth-order valence-electron chi connectivity index (χ4n) is 3.47. The Kier molecular flexibility index (Phi) is 9.91. The third kappa shape index (κ3) is 7.48. The van der Waals surface area contributed by atoms with Crippen LogP contribution in [0.5, 0.6) is 11.5 Å². The number of carbonyl (C=O) groups excluding carboxylic acids is 2. The number of rotatable bonds is 11. The van der Waals surface area contributed by atoms with Gasteiger partial charge in [0.05, 0.1) is 19.5 Å². The molecule has 0 radical (unpaired) electrons. The van der Waals surface area contributed by atoms with Gasteiger partial charge in [-0.05, 0) is 68.7 Å². The van der Waals surface area contributed by atoms with E-state index in [9.17, 15) is 9.59 Å². The summed E-state index contributed by atoms with van der Waals surface area (Å²) in [5.41, 5.74) is 5.17. The summed E-state index contributed by atoms with van der Waals surface area (Å²) < 4.78 is 10.5. The van der Waals surface area contributed by atoms with Gasteiger partial charge in [0.15, 0.2) is 11.5 Å². The van der Waals surface area contributed by atoms with Crippen LogP contribution >= 0.6 is 11.8 Å². The van der Waals surface area contributed by atoms with E-state index in [2.05, 4.69) is 22.8 Å². The van der Waals surface area contributed by atoms with E-state index < -0.39 is 0 Å². The summed E-state index contributed by atoms with van der Waals surface area (Å²) in [4.78, 5) is 24.7. The van der Waals surface area contributed by atoms with Gasteiger partial charge < -0.3 is 20.1 Å². The lowest BCUT2D eigenvalue weighted by molar-refractivity contribution is -0.120. The average Bonchev–Trinajstić information content (AvgIpc) is 2.76. The van der Waals surface area contributed by atoms with E-state index in [4.69, 9.17) is 9.47 Å². The molecular formula is C25H34N2O4S. The minimum atomic E-state index is -0.195. The van der Waals surface area contributed by atoms with Crippen molar-refractivity contribution in [1.82, 2.24) is 5.32 Å². The van der Waals surface area contributed by atoms with Crippen molar-refractivity contribution < 1.29 is 19.1 Å². The molecule has 2 aromatic carbocycles. The Morgan fingerprint density at radius 2 is 1.66 bits per heavy atom. The molecule has 0 fully saturated rings. The number of ether oxygens (including phenoxy) is 2. The quantitative estimate of drug-likeness (QED) is 0.474. The third-order valence-corrected chi connectivity index (χ3v) is 6.38. The first-order valence-corrected chi connectivity index (χ1v) is 11.8. The minimum Gasteiger partial charge on any atom is -0.493 e. The molecule has 32 heavy (non-hydrogen) atoms. The zero-order valence-corrected chi connectivity index (χ0v) is 20.7. The maximum absolute atomic E-state index is 12.4. The van der Waals surface area contributed by atoms with Crippen LogP contribution in [-0.2, 0) is 16.1 Å². The highest BCUT2D eigenvalue weighted by atomic mass is 32.2. The van der Waals surface area contributed by atoms with Crippen molar-refractivity contribution in [1.29, 1.82) is 0 Å². The molecule has 2 rings (SSSR count). The van der Waals surface area contributed by atoms with Crippen LogP contribution in [0.3, 0.4) is 0 Å². The van der Waals surface area contributed by atoms with Gasteiger partial charge >= 0.3 is 0 Å². The van der Waals surface area contributed by atoms with E-state index >= 15 is 0 Å². The molecule has 6 nitrogen and oxygen atoms in total. The highest BCUT2D eigenvalue weighted by molar-refractivity contribution is 8.00. The topological polar surface area (TPSA) is 76.7 Å². The zero-order valence-electron chi connectivity index (χ0n) is 19.8. The first-order chi connectivity index (χ1) is 15.2. The molecule has 2 N–H and O–H groups in total. The molecule has 0 saturated carbocycles. The second-order valence-electron chi connectivity index (χ2n) is 7.85. The van der Waals surface area contributed by atoms with Gasteiger partial charge in [-0.25, -0.2) is 0 Å². The van der Waals surface area contributed by atoms with E-state index in [1.54, 1.807) is 26.0 Å². The maximum Gasteiger partial charge on any atom is 0.233 e. The number of hydrogen-bond donors (Lipinski definition) is 2. The molecule has 2 aromatic rings. The lowest BCUT2D eigenvalue weighted by atomic mass is 10.0. The van der Waals surface area contributed by atoms with Crippen molar-refractivity contribution in [3.63, 3.8) is 0 Å². The number of aryl methyl sites for hydroxylation is 3. The first kappa shape index (κ1) is 25.6. The van der Waals surface area contributed by atoms with Crippen molar-refractivity contribution in [2.75, 3.05) is 25.3 Å². The molecule has 0 aliphatic rings. The predicted octanol–water partition coefficient (Wildman–Crippen LogP) is 4.79. The van der Waals surface area contributed by atoms with Gasteiger partial charge in [-0.3, -0.25) is 9.59 Å². The number of anilines is 1. The van der Waals surface area contributed by atoms with Crippen LogP contribution in [-0.4, -0.2) is 37.0 Å². The van der Waals surface area contributed by atoms with Crippen LogP contribution in [0.4, 0.5) is 5.69 Å². The van der Waals surface area contributed by atoms with Gasteiger partial charge in [0.2, 0.25) is 11.8 Å². The second kappa shape index (κ2) is 12.4. The number of benzene rings is 2. The van der Waals surface area contributed by atoms with Gasteiger partial charge in [0.25, 0.3) is 0 Å². The van der Waals surface area contributed by atoms with E-state index in [0.717, 1.165) is 28.1 Å². The first-order valence-electron chi connectivity index (χ1n) is 10.7. The number of thioether (sulfide) groups is 1. The lowest BCUT2D eigenvalue weighted by Crippen LogP contribution is -2.30. The molecule has 174 valence electrons. The summed E-state index contributed by atoms with van der Waals surface area (Å²) in [6, 6.07) is 9.72. The molecule has 1 atom stereocenters. The smallest absolute Gasteiger partial charge is 0.233 e. The van der Waals surface area contributed by atoms with Crippen LogP contribution in [0.25, 0.3) is 0 Å². The molecule has 0 aliphatic heterocycles. The van der Waals surface area contributed by atoms with Crippen LogP contribution in [0, 0.1) is 20.8 Å². The summed E-state index contributed by atoms with van der Waals surface area (Å²) in [7, 11) is 3.18. The predicted molar refractivity (Wildman–Crippen MR) is 132 cm³/mol. The van der Waals surface area contributed by atoms with Crippen molar-refractivity contribution in [3.05, 3.63) is 52.6 Å². The van der Waals surface area contributed by atoms with Gasteiger partial charge in [0, 0.05) is 18.7 Å². The molecule has 0 aromatic heterocycles. The molecule has 0 saturated heterocycles. The monoisotopic (exact) mass is 458 g/mol. The minimum absolute atomic E-state index is 0.00575. The van der Waals surface area contributed by atoms with Crippen molar-refractivity contribution in [2.45, 2.75) is 52.3 Å². The van der Waals surface area contributed by atoms with Crippen LogP contribution in [0.2, 0.25) is 0 Å². The second-order valence-corrected chi connectivity index (χ2v) is 9.29. The van der Waals surface area contributed by atoms with Gasteiger partial charge in [0.1, 0.15) is 0 Å². The van der Waals surface area contributed by atoms with Crippen molar-refractivity contribution in [3.8, 4) is 11.5 Å². The SMILES string of the molecule is COc1ccc(CNC(=O)C(C)SCCCC(=O)Nc2c(C)cc(C)cc2C)cc1OC. The molecular weight excluding hydrogens is 424 g/mol. The fraction of sp³-hybridized carbons (Fsp3) is 0.440. The van der Waals surface area contributed by atoms with Crippen LogP contribution in [0.15, 0.2) is 30.3 Å². The largest absolute Gasteiger partial charge is 0.493 e. The number of carbonyl (C=O) groups is 2. The van der Waals surface area contributed by atoms with E-state index in [-0.39, 0.29) is 17.1 Å². The summed E-state index contributed by atoms with van der Waals surface area (Å²) >= 11 is 1.55. The number of hydrogen-bond acceptors (Lipinski definition) is 5. The Morgan fingerprint density at radius 1 is 1.00 bits per heavy atom. The Labute approximate surface area is 195 Å². The van der Waals surface area contributed by atoms with Gasteiger partial charge in [-0.2, -0.15) is 0 Å². The molecule has 0 aliphatic carbocycles. The summed E-state index contributed by atoms with van der Waals surface area (Å²) in [5.74, 6) is 2.01. The van der Waals surface area contributed by atoms with E-state index in [1.807, 2.05) is 45.9 Å². The van der Waals surface area contributed by atoms with Crippen LogP contribution < -0.4 is 20.1 Å². The lowest BCUT2D eigenvalue weighted by Gasteiger charge is -2.14. The highest BCUT2D eigenvalue weighted by Gasteiger charge is 2.14. The maximum atomic E-state index is 12.4. The Balaban J connectivity index is 1.72. The molecule has 0 heterocycles. The van der Waals surface area contributed by atoms with Crippen molar-refractivity contribution in [2.24, 2.45) is 0 Å². The van der Waals surface area contributed by atoms with Gasteiger partial charge in [-0.15, -0.1) is 11.8 Å². The molecule has 0 spiro atoms. The zero-order chi connectivity index (χ0) is 23.7. The highest BCUT2D eigenvalue weighted by Crippen LogP contribution is 2.27. The molecule has 7 heteroatoms. The Hall–Kier alpha value is -2.67. The number of methoxy groups -OCH3 is 2. The number of amides is 2. The van der Waals surface area contributed by atoms with Gasteiger partial charge in [-0.1, -0.05) is 23.8 Å². The van der Waals surface area contributed by atoms with E-state index in [1.165, 1.54) is 5.56 Å². The van der Waals surface area contributed by atoms with E-state index in [0.29, 0.717) is 30.9 Å². The Bertz CT molecular complexity index is 923. The molecule has 0 bridgehead atoms. The average molecular weight is 459 g/mol. The molecule has 2 amide bonds. The molecule has 1 unspecified atom stereocenters. The summed E-state index contributed by atoms with van der Waals surface area (Å²) in [5, 5.41) is 5.78.